The third-order valence-corrected chi connectivity index (χ3v) is 7.29. The van der Waals surface area contributed by atoms with E-state index in [2.05, 4.69) is 26.3 Å². The molecule has 2 atom stereocenters. The molecule has 2 aromatic carbocycles. The van der Waals surface area contributed by atoms with Crippen LogP contribution in [0, 0.1) is 17.1 Å². The first-order chi connectivity index (χ1) is 21.0. The fourth-order valence-electron chi connectivity index (χ4n) is 5.29. The number of nitrogens with zero attached hydrogens (tertiary/aromatic N) is 5. The zero-order valence-corrected chi connectivity index (χ0v) is 25.0. The highest BCUT2D eigenvalue weighted by Crippen LogP contribution is 2.37. The molecule has 15 heteroatoms. The first-order valence-electron chi connectivity index (χ1n) is 14.2. The summed E-state index contributed by atoms with van der Waals surface area (Å²) in [6.45, 7) is 0.328. The molecular weight excluding hydrogens is 557 g/mol. The fraction of sp³-hybridized carbons (Fsp3) is 0.207. The Balaban J connectivity index is 1.54. The van der Waals surface area contributed by atoms with Crippen molar-refractivity contribution in [3.63, 3.8) is 0 Å². The third-order valence-electron chi connectivity index (χ3n) is 7.29. The predicted octanol–water partition coefficient (Wildman–Crippen LogP) is -1.49. The van der Waals surface area contributed by atoms with Crippen molar-refractivity contribution < 1.29 is 19.0 Å². The van der Waals surface area contributed by atoms with E-state index in [4.69, 9.17) is 10.5 Å². The molecule has 0 spiro atoms. The van der Waals surface area contributed by atoms with Gasteiger partial charge in [0, 0.05) is 42.0 Å². The highest BCUT2D eigenvalue weighted by Gasteiger charge is 2.32. The van der Waals surface area contributed by atoms with Gasteiger partial charge < -0.3 is 25.8 Å². The van der Waals surface area contributed by atoms with Gasteiger partial charge in [-0.1, -0.05) is 12.1 Å². The first kappa shape index (κ1) is 30.8. The largest absolute Gasteiger partial charge is 0.513 e. The van der Waals surface area contributed by atoms with Gasteiger partial charge in [0.2, 0.25) is 0 Å². The van der Waals surface area contributed by atoms with E-state index in [1.807, 2.05) is 34.5 Å². The predicted molar refractivity (Wildman–Crippen MR) is 178 cm³/mol. The van der Waals surface area contributed by atoms with Gasteiger partial charge in [0.05, 0.1) is 41.2 Å². The summed E-state index contributed by atoms with van der Waals surface area (Å²) in [7, 11) is 7.39. The maximum atomic E-state index is 15.2. The summed E-state index contributed by atoms with van der Waals surface area (Å²) in [6.07, 6.45) is 5.13. The number of hydrogen-bond acceptors (Lipinski definition) is 9. The van der Waals surface area contributed by atoms with E-state index in [1.54, 1.807) is 44.5 Å². The second-order valence-corrected chi connectivity index (χ2v) is 11.8. The summed E-state index contributed by atoms with van der Waals surface area (Å²) in [6, 6.07) is 13.1. The molecule has 4 aromatic rings. The van der Waals surface area contributed by atoms with Crippen LogP contribution in [0.2, 0.25) is 0 Å². The van der Waals surface area contributed by atoms with Crippen molar-refractivity contribution in [3.8, 4) is 34.3 Å². The number of hydrogen-bond donors (Lipinski definition) is 3. The molecule has 1 saturated heterocycles. The number of aromatic nitrogens is 3. The van der Waals surface area contributed by atoms with Crippen LogP contribution < -0.4 is 26.2 Å². The molecule has 44 heavy (non-hydrogen) atoms. The van der Waals surface area contributed by atoms with Crippen LogP contribution in [-0.2, 0) is 0 Å². The lowest BCUT2D eigenvalue weighted by atomic mass is 9.52. The average molecular weight is 587 g/mol. The summed E-state index contributed by atoms with van der Waals surface area (Å²) in [5.41, 5.74) is 9.92. The number of nitrogens with two attached hydrogens (primary N) is 1. The molecule has 3 heterocycles. The molecule has 1 amide bonds. The molecule has 1 aliphatic rings. The van der Waals surface area contributed by atoms with Gasteiger partial charge in [-0.15, -0.1) is 0 Å². The molecule has 1 fully saturated rings. The van der Waals surface area contributed by atoms with E-state index in [1.165, 1.54) is 18.3 Å². The summed E-state index contributed by atoms with van der Waals surface area (Å²) < 4.78 is 21.3. The van der Waals surface area contributed by atoms with Crippen molar-refractivity contribution in [3.05, 3.63) is 78.1 Å². The normalized spacial score (nSPS) is 16.4. The van der Waals surface area contributed by atoms with Crippen molar-refractivity contribution in [1.82, 2.24) is 15.0 Å². The van der Waals surface area contributed by atoms with Crippen molar-refractivity contribution in [1.29, 1.82) is 5.26 Å². The van der Waals surface area contributed by atoms with Gasteiger partial charge in [0.25, 0.3) is 5.91 Å². The number of pyridine rings is 1. The van der Waals surface area contributed by atoms with Crippen LogP contribution in [0.4, 0.5) is 15.8 Å². The maximum Gasteiger partial charge on any atom is 0.274 e. The highest BCUT2D eigenvalue weighted by molar-refractivity contribution is 6.58. The Morgan fingerprint density at radius 2 is 2.02 bits per heavy atom. The lowest BCUT2D eigenvalue weighted by Gasteiger charge is -2.28. The zero-order valence-electron chi connectivity index (χ0n) is 25.0. The molecule has 1 aliphatic heterocycles. The maximum absolute atomic E-state index is 15.2. The summed E-state index contributed by atoms with van der Waals surface area (Å²) in [5, 5.41) is 22.1. The molecule has 2 aromatic heterocycles. The fourth-order valence-corrected chi connectivity index (χ4v) is 5.29. The highest BCUT2D eigenvalue weighted by atomic mass is 19.1. The van der Waals surface area contributed by atoms with Crippen LogP contribution in [0.3, 0.4) is 0 Å². The van der Waals surface area contributed by atoms with Crippen molar-refractivity contribution >= 4 is 54.1 Å². The van der Waals surface area contributed by atoms with E-state index < -0.39 is 17.0 Å². The van der Waals surface area contributed by atoms with Crippen molar-refractivity contribution in [2.75, 3.05) is 23.4 Å². The zero-order chi connectivity index (χ0) is 31.6. The molecule has 0 saturated carbocycles. The summed E-state index contributed by atoms with van der Waals surface area (Å²) in [4.78, 5) is 28.5. The smallest absolute Gasteiger partial charge is 0.274 e. The number of benzene rings is 2. The van der Waals surface area contributed by atoms with Gasteiger partial charge in [0.15, 0.2) is 5.82 Å². The van der Waals surface area contributed by atoms with Gasteiger partial charge in [-0.3, -0.25) is 9.78 Å². The number of carbonyl (C=O) groups is 1. The van der Waals surface area contributed by atoms with Crippen molar-refractivity contribution in [2.24, 2.45) is 5.73 Å². The van der Waals surface area contributed by atoms with E-state index in [9.17, 15) is 15.2 Å². The summed E-state index contributed by atoms with van der Waals surface area (Å²) in [5.74, 6) is -0.796. The molecule has 5 rings (SSSR count). The number of halogens is 1. The first-order valence-corrected chi connectivity index (χ1v) is 14.2. The molecule has 0 bridgehead atoms. The number of nitriles is 1. The molecule has 0 radical (unpaired) electrons. The number of rotatable bonds is 8. The molecule has 4 N–H and O–H groups in total. The number of aliphatic hydroxyl groups excluding tert-OH is 1. The van der Waals surface area contributed by atoms with Gasteiger partial charge >= 0.3 is 0 Å². The lowest BCUT2D eigenvalue weighted by Crippen LogP contribution is -2.39. The number of ether oxygens (including phenoxy) is 1. The Morgan fingerprint density at radius 1 is 1.23 bits per heavy atom. The minimum atomic E-state index is -0.612. The quantitative estimate of drug-likeness (QED) is 0.210. The Kier molecular flexibility index (Phi) is 8.76. The average Bonchev–Trinajstić information content (AvgIpc) is 3.39. The van der Waals surface area contributed by atoms with Gasteiger partial charge in [0.1, 0.15) is 48.6 Å². The minimum absolute atomic E-state index is 0.0140. The summed E-state index contributed by atoms with van der Waals surface area (Å²) >= 11 is 0. The van der Waals surface area contributed by atoms with E-state index in [0.29, 0.717) is 52.2 Å². The Hall–Kier alpha value is -4.66. The SMILES string of the molecule is Bc1ccc(F)c(-c2nccc(C(=O)Nc3ccc(-c4cnccc4C#N)cc3N3C[C@@H](N)C[C@H]3CO)n2)c1OC(B)(B)B. The van der Waals surface area contributed by atoms with Crippen molar-refractivity contribution in [2.45, 2.75) is 23.8 Å². The Morgan fingerprint density at radius 3 is 2.75 bits per heavy atom. The monoisotopic (exact) mass is 587 g/mol. The van der Waals surface area contributed by atoms with E-state index in [0.717, 1.165) is 0 Å². The Bertz CT molecular complexity index is 1770. The number of amides is 1. The number of carbonyl (C=O) groups excluding carboxylic acids is 1. The van der Waals surface area contributed by atoms with E-state index >= 15 is 4.39 Å². The second kappa shape index (κ2) is 12.5. The van der Waals surface area contributed by atoms with Gasteiger partial charge in [-0.2, -0.15) is 5.26 Å². The second-order valence-electron chi connectivity index (χ2n) is 11.8. The third kappa shape index (κ3) is 6.46. The molecule has 0 aliphatic carbocycles. The number of aliphatic hydroxyl groups is 1. The molecule has 0 unspecified atom stereocenters. The van der Waals surface area contributed by atoms with E-state index in [-0.39, 0.29) is 35.8 Å². The Labute approximate surface area is 258 Å². The van der Waals surface area contributed by atoms with Crippen LogP contribution >= 0.6 is 0 Å². The van der Waals surface area contributed by atoms with Crippen LogP contribution in [0.5, 0.6) is 5.75 Å². The molecule has 218 valence electrons. The standard InChI is InChI=1S/C29H30B4FN7O3/c30-20-2-3-21(34)25(26(20)44-29(31,32)33)27-38-8-6-23(39-27)28(43)40-22-4-1-15(19-12-37-7-5-16(19)11-35)9-24(22)41-13-17(36)10-18(41)14-42/h1-9,12,17-18,42H,10,13-14,30-33,36H2,(H,40,43)/t17-,18-/m0/s1. The van der Waals surface area contributed by atoms with Gasteiger partial charge in [-0.25, -0.2) is 14.4 Å². The van der Waals surface area contributed by atoms with Crippen LogP contribution in [0.15, 0.2) is 61.1 Å². The van der Waals surface area contributed by atoms with Crippen LogP contribution in [-0.4, -0.2) is 87.9 Å². The van der Waals surface area contributed by atoms with Gasteiger partial charge in [-0.05, 0) is 47.8 Å². The molecular formula is C29H30B4FN7O3. The number of anilines is 2. The topological polar surface area (TPSA) is 150 Å². The lowest BCUT2D eigenvalue weighted by molar-refractivity contribution is 0.102. The number of nitrogens with one attached hydrogen (secondary N) is 1. The molecule has 10 nitrogen and oxygen atoms in total. The van der Waals surface area contributed by atoms with Crippen LogP contribution in [0.1, 0.15) is 22.5 Å². The minimum Gasteiger partial charge on any atom is -0.513 e. The van der Waals surface area contributed by atoms with Crippen LogP contribution in [0.25, 0.3) is 22.5 Å².